The molecule has 1 fully saturated rings. The van der Waals surface area contributed by atoms with E-state index in [-0.39, 0.29) is 5.82 Å². The van der Waals surface area contributed by atoms with Crippen LogP contribution in [0.25, 0.3) is 6.08 Å². The summed E-state index contributed by atoms with van der Waals surface area (Å²) in [5, 5.41) is 0. The Morgan fingerprint density at radius 2 is 1.71 bits per heavy atom. The van der Waals surface area contributed by atoms with E-state index < -0.39 is 0 Å². The molecule has 4 nitrogen and oxygen atoms in total. The molecule has 0 radical (unpaired) electrons. The zero-order valence-corrected chi connectivity index (χ0v) is 16.6. The van der Waals surface area contributed by atoms with Crippen LogP contribution in [0.3, 0.4) is 0 Å². The summed E-state index contributed by atoms with van der Waals surface area (Å²) in [5.41, 5.74) is 1.09. The minimum Gasteiger partial charge on any atom is -0.494 e. The number of rotatable bonds is 8. The largest absolute Gasteiger partial charge is 0.494 e. The molecule has 0 saturated carbocycles. The molecule has 5 heteroatoms. The molecule has 3 rings (SSSR count). The molecule has 0 N–H and O–H groups in total. The summed E-state index contributed by atoms with van der Waals surface area (Å²) in [6.07, 6.45) is 7.61. The van der Waals surface area contributed by atoms with E-state index in [1.54, 1.807) is 26.4 Å². The van der Waals surface area contributed by atoms with Crippen molar-refractivity contribution in [3.05, 3.63) is 60.0 Å². The van der Waals surface area contributed by atoms with Crippen LogP contribution in [0.1, 0.15) is 24.8 Å². The van der Waals surface area contributed by atoms with Gasteiger partial charge >= 0.3 is 0 Å². The fraction of sp³-hybridized carbons (Fsp3) is 0.391. The van der Waals surface area contributed by atoms with Crippen LogP contribution in [-0.4, -0.2) is 38.8 Å². The highest BCUT2D eigenvalue weighted by Crippen LogP contribution is 2.28. The molecule has 1 aliphatic heterocycles. The van der Waals surface area contributed by atoms with Gasteiger partial charge in [-0.15, -0.1) is 0 Å². The Balaban J connectivity index is 1.41. The fourth-order valence-electron chi connectivity index (χ4n) is 3.41. The third-order valence-electron chi connectivity index (χ3n) is 5.14. The monoisotopic (exact) mass is 385 g/mol. The quantitative estimate of drug-likeness (QED) is 0.640. The van der Waals surface area contributed by atoms with Gasteiger partial charge < -0.3 is 19.1 Å². The van der Waals surface area contributed by atoms with Gasteiger partial charge in [-0.2, -0.15) is 0 Å². The molecular weight excluding hydrogens is 357 g/mol. The first kappa shape index (κ1) is 20.1. The summed E-state index contributed by atoms with van der Waals surface area (Å²) in [4.78, 5) is 2.36. The van der Waals surface area contributed by atoms with E-state index in [9.17, 15) is 4.39 Å². The molecule has 2 aromatic carbocycles. The molecule has 0 aromatic heterocycles. The molecule has 0 amide bonds. The molecular formula is C23H28FNO3. The standard InChI is InChI=1S/C23H28FNO3/c1-26-22-8-3-19(17-23(22)27-2)11-15-25-13-9-18(10-14-25)12-16-28-21-6-4-20(24)5-7-21/h3-8,11,15,17-18H,9-10,12-14,16H2,1-2H3. The van der Waals surface area contributed by atoms with Crippen molar-refractivity contribution in [3.63, 3.8) is 0 Å². The lowest BCUT2D eigenvalue weighted by molar-refractivity contribution is 0.202. The SMILES string of the molecule is COc1ccc(C=CN2CCC(CCOc3ccc(F)cc3)CC2)cc1OC. The van der Waals surface area contributed by atoms with Crippen molar-refractivity contribution in [2.24, 2.45) is 5.92 Å². The summed E-state index contributed by atoms with van der Waals surface area (Å²) >= 11 is 0. The predicted octanol–water partition coefficient (Wildman–Crippen LogP) is 4.99. The number of piperidine rings is 1. The first-order valence-corrected chi connectivity index (χ1v) is 9.70. The van der Waals surface area contributed by atoms with Gasteiger partial charge in [0.15, 0.2) is 11.5 Å². The van der Waals surface area contributed by atoms with Crippen molar-refractivity contribution < 1.29 is 18.6 Å². The number of hydrogen-bond acceptors (Lipinski definition) is 4. The van der Waals surface area contributed by atoms with Crippen molar-refractivity contribution in [2.75, 3.05) is 33.9 Å². The predicted molar refractivity (Wildman–Crippen MR) is 109 cm³/mol. The van der Waals surface area contributed by atoms with Crippen LogP contribution in [0.5, 0.6) is 17.2 Å². The molecule has 1 saturated heterocycles. The molecule has 1 aliphatic rings. The third kappa shape index (κ3) is 5.65. The summed E-state index contributed by atoms with van der Waals surface area (Å²) in [6, 6.07) is 12.1. The average molecular weight is 385 g/mol. The number of hydrogen-bond donors (Lipinski definition) is 0. The van der Waals surface area contributed by atoms with Gasteiger partial charge in [0.05, 0.1) is 20.8 Å². The molecule has 2 aromatic rings. The van der Waals surface area contributed by atoms with E-state index >= 15 is 0 Å². The molecule has 0 spiro atoms. The zero-order valence-electron chi connectivity index (χ0n) is 16.6. The first-order valence-electron chi connectivity index (χ1n) is 9.70. The van der Waals surface area contributed by atoms with Crippen molar-refractivity contribution in [1.82, 2.24) is 4.90 Å². The minimum atomic E-state index is -0.235. The average Bonchev–Trinajstić information content (AvgIpc) is 2.74. The molecule has 28 heavy (non-hydrogen) atoms. The second kappa shape index (κ2) is 10.0. The number of ether oxygens (including phenoxy) is 3. The van der Waals surface area contributed by atoms with E-state index in [0.29, 0.717) is 12.5 Å². The Kier molecular flexibility index (Phi) is 7.18. The molecule has 0 unspecified atom stereocenters. The number of nitrogens with zero attached hydrogens (tertiary/aromatic N) is 1. The summed E-state index contributed by atoms with van der Waals surface area (Å²) in [5.74, 6) is 2.65. The normalized spacial score (nSPS) is 15.0. The Labute approximate surface area is 166 Å². The van der Waals surface area contributed by atoms with Crippen LogP contribution in [0.4, 0.5) is 4.39 Å². The van der Waals surface area contributed by atoms with Gasteiger partial charge in [-0.1, -0.05) is 6.07 Å². The van der Waals surface area contributed by atoms with E-state index in [4.69, 9.17) is 14.2 Å². The van der Waals surface area contributed by atoms with E-state index in [1.165, 1.54) is 12.1 Å². The maximum Gasteiger partial charge on any atom is 0.161 e. The molecule has 0 bridgehead atoms. The van der Waals surface area contributed by atoms with Gasteiger partial charge in [0.1, 0.15) is 11.6 Å². The zero-order chi connectivity index (χ0) is 19.8. The van der Waals surface area contributed by atoms with Crippen LogP contribution in [0.15, 0.2) is 48.7 Å². The Bertz CT molecular complexity index is 768. The highest BCUT2D eigenvalue weighted by Gasteiger charge is 2.17. The van der Waals surface area contributed by atoms with Gasteiger partial charge in [0, 0.05) is 13.1 Å². The minimum absolute atomic E-state index is 0.235. The van der Waals surface area contributed by atoms with Crippen LogP contribution in [0, 0.1) is 11.7 Å². The maximum atomic E-state index is 12.9. The van der Waals surface area contributed by atoms with Crippen molar-refractivity contribution >= 4 is 6.08 Å². The first-order chi connectivity index (χ1) is 13.7. The second-order valence-electron chi connectivity index (χ2n) is 7.00. The lowest BCUT2D eigenvalue weighted by atomic mass is 9.94. The Morgan fingerprint density at radius 1 is 1.00 bits per heavy atom. The van der Waals surface area contributed by atoms with Crippen molar-refractivity contribution in [2.45, 2.75) is 19.3 Å². The van der Waals surface area contributed by atoms with Gasteiger partial charge in [-0.05, 0) is 79.4 Å². The van der Waals surface area contributed by atoms with Crippen LogP contribution >= 0.6 is 0 Å². The lowest BCUT2D eigenvalue weighted by Crippen LogP contribution is -2.30. The fourth-order valence-corrected chi connectivity index (χ4v) is 3.41. The number of halogens is 1. The van der Waals surface area contributed by atoms with Crippen molar-refractivity contribution in [1.29, 1.82) is 0 Å². The third-order valence-corrected chi connectivity index (χ3v) is 5.14. The summed E-state index contributed by atoms with van der Waals surface area (Å²) in [7, 11) is 3.29. The van der Waals surface area contributed by atoms with E-state index in [0.717, 1.165) is 55.2 Å². The van der Waals surface area contributed by atoms with Crippen LogP contribution in [-0.2, 0) is 0 Å². The maximum absolute atomic E-state index is 12.9. The molecule has 150 valence electrons. The van der Waals surface area contributed by atoms with Gasteiger partial charge in [-0.3, -0.25) is 0 Å². The summed E-state index contributed by atoms with van der Waals surface area (Å²) < 4.78 is 29.3. The molecule has 1 heterocycles. The summed E-state index contributed by atoms with van der Waals surface area (Å²) in [6.45, 7) is 2.77. The Morgan fingerprint density at radius 3 is 2.39 bits per heavy atom. The Hall–Kier alpha value is -2.69. The second-order valence-corrected chi connectivity index (χ2v) is 7.00. The van der Waals surface area contributed by atoms with Crippen LogP contribution in [0.2, 0.25) is 0 Å². The number of benzene rings is 2. The van der Waals surface area contributed by atoms with E-state index in [2.05, 4.69) is 17.2 Å². The highest BCUT2D eigenvalue weighted by molar-refractivity contribution is 5.55. The van der Waals surface area contributed by atoms with Gasteiger partial charge in [-0.25, -0.2) is 4.39 Å². The smallest absolute Gasteiger partial charge is 0.161 e. The number of methoxy groups -OCH3 is 2. The van der Waals surface area contributed by atoms with Gasteiger partial charge in [0.2, 0.25) is 0 Å². The van der Waals surface area contributed by atoms with Crippen molar-refractivity contribution in [3.8, 4) is 17.2 Å². The lowest BCUT2D eigenvalue weighted by Gasteiger charge is -2.31. The molecule has 0 atom stereocenters. The van der Waals surface area contributed by atoms with Crippen LogP contribution < -0.4 is 14.2 Å². The number of likely N-dealkylation sites (tertiary alicyclic amines) is 1. The molecule has 0 aliphatic carbocycles. The topological polar surface area (TPSA) is 30.9 Å². The van der Waals surface area contributed by atoms with Gasteiger partial charge in [0.25, 0.3) is 0 Å². The van der Waals surface area contributed by atoms with E-state index in [1.807, 2.05) is 18.2 Å². The highest BCUT2D eigenvalue weighted by atomic mass is 19.1.